The van der Waals surface area contributed by atoms with Crippen LogP contribution in [0.4, 0.5) is 0 Å². The zero-order chi connectivity index (χ0) is 13.7. The van der Waals surface area contributed by atoms with Crippen LogP contribution >= 0.6 is 0 Å². The van der Waals surface area contributed by atoms with E-state index in [0.29, 0.717) is 19.8 Å². The predicted octanol–water partition coefficient (Wildman–Crippen LogP) is 2.78. The molecule has 0 amide bonds. The standard InChI is InChI=1S/C4H9.3C3H8O.Ti/c1-3-4-2;3*1-2-3-4;/h1,3-4H2,2H3;3*4H,2-3H2,1H3;/q-1;;;;. The van der Waals surface area contributed by atoms with Crippen LogP contribution in [-0.2, 0) is 21.7 Å². The molecule has 4 heteroatoms. The molecule has 0 aliphatic heterocycles. The van der Waals surface area contributed by atoms with Gasteiger partial charge in [-0.1, -0.05) is 34.1 Å². The van der Waals surface area contributed by atoms with Crippen LogP contribution in [0.5, 0.6) is 0 Å². The molecule has 0 fully saturated rings. The van der Waals surface area contributed by atoms with Gasteiger partial charge in [0.25, 0.3) is 0 Å². The van der Waals surface area contributed by atoms with Crippen LogP contribution in [0.2, 0.25) is 0 Å². The van der Waals surface area contributed by atoms with Gasteiger partial charge in [0.05, 0.1) is 0 Å². The molecule has 108 valence electrons. The summed E-state index contributed by atoms with van der Waals surface area (Å²) in [5, 5.41) is 23.6. The van der Waals surface area contributed by atoms with Crippen molar-refractivity contribution in [1.82, 2.24) is 0 Å². The van der Waals surface area contributed by atoms with Crippen LogP contribution in [0.3, 0.4) is 0 Å². The minimum Gasteiger partial charge on any atom is -0.396 e. The molecule has 0 heterocycles. The minimum absolute atomic E-state index is 0. The summed E-state index contributed by atoms with van der Waals surface area (Å²) in [6.07, 6.45) is 4.90. The van der Waals surface area contributed by atoms with Gasteiger partial charge in [0.1, 0.15) is 0 Å². The topological polar surface area (TPSA) is 60.7 Å². The maximum Gasteiger partial charge on any atom is 0.0428 e. The van der Waals surface area contributed by atoms with Crippen LogP contribution < -0.4 is 0 Å². The molecule has 0 aromatic rings. The van der Waals surface area contributed by atoms with E-state index < -0.39 is 0 Å². The van der Waals surface area contributed by atoms with Crippen LogP contribution in [0, 0.1) is 6.92 Å². The Hall–Kier alpha value is 0.594. The molecule has 0 aliphatic rings. The van der Waals surface area contributed by atoms with Gasteiger partial charge in [-0.2, -0.15) is 6.42 Å². The molecule has 0 bridgehead atoms. The Kier molecular flexibility index (Phi) is 98.2. The van der Waals surface area contributed by atoms with Crippen molar-refractivity contribution in [3.8, 4) is 0 Å². The van der Waals surface area contributed by atoms with Gasteiger partial charge in [-0.3, -0.25) is 0 Å². The Balaban J connectivity index is -0.0000000369. The fourth-order valence-electron chi connectivity index (χ4n) is 0. The third-order valence-electron chi connectivity index (χ3n) is 1.02. The zero-order valence-electron chi connectivity index (χ0n) is 12.2. The Labute approximate surface area is 124 Å². The third kappa shape index (κ3) is 167. The number of unbranched alkanes of at least 4 members (excludes halogenated alkanes) is 1. The summed E-state index contributed by atoms with van der Waals surface area (Å²) >= 11 is 0. The molecule has 0 spiro atoms. The SMILES string of the molecule is CCCO.CCCO.CCCO.[CH2-]CCC.[Ti]. The average Bonchev–Trinajstić information content (AvgIpc) is 2.39. The summed E-state index contributed by atoms with van der Waals surface area (Å²) in [4.78, 5) is 0. The molecule has 0 radical (unpaired) electrons. The molecule has 0 saturated carbocycles. The van der Waals surface area contributed by atoms with Crippen molar-refractivity contribution in [2.75, 3.05) is 19.8 Å². The van der Waals surface area contributed by atoms with Crippen LogP contribution in [0.25, 0.3) is 0 Å². The maximum atomic E-state index is 7.88. The Morgan fingerprint density at radius 1 is 0.647 bits per heavy atom. The van der Waals surface area contributed by atoms with Crippen LogP contribution in [-0.4, -0.2) is 35.1 Å². The van der Waals surface area contributed by atoms with E-state index in [4.69, 9.17) is 15.3 Å². The van der Waals surface area contributed by atoms with Gasteiger partial charge in [0, 0.05) is 41.5 Å². The normalized spacial score (nSPS) is 7.06. The summed E-state index contributed by atoms with van der Waals surface area (Å²) in [5.74, 6) is 0. The summed E-state index contributed by atoms with van der Waals surface area (Å²) in [6, 6.07) is 0. The minimum atomic E-state index is 0. The number of hydrogen-bond donors (Lipinski definition) is 3. The first-order chi connectivity index (χ1) is 7.66. The van der Waals surface area contributed by atoms with E-state index in [1.807, 2.05) is 20.8 Å². The van der Waals surface area contributed by atoms with Gasteiger partial charge in [0.2, 0.25) is 0 Å². The zero-order valence-corrected chi connectivity index (χ0v) is 13.8. The summed E-state index contributed by atoms with van der Waals surface area (Å²) in [6.45, 7) is 12.5. The van der Waals surface area contributed by atoms with E-state index >= 15 is 0 Å². The van der Waals surface area contributed by atoms with E-state index in [2.05, 4.69) is 13.8 Å². The van der Waals surface area contributed by atoms with Crippen molar-refractivity contribution in [3.05, 3.63) is 6.92 Å². The predicted molar refractivity (Wildman–Crippen MR) is 72.4 cm³/mol. The molecule has 17 heavy (non-hydrogen) atoms. The quantitative estimate of drug-likeness (QED) is 0.550. The average molecular weight is 285 g/mol. The first-order valence-corrected chi connectivity index (χ1v) is 6.28. The number of aliphatic hydroxyl groups excluding tert-OH is 3. The van der Waals surface area contributed by atoms with Gasteiger partial charge in [0.15, 0.2) is 0 Å². The first kappa shape index (κ1) is 30.5. The molecule has 3 nitrogen and oxygen atoms in total. The summed E-state index contributed by atoms with van der Waals surface area (Å²) in [5.41, 5.74) is 0. The van der Waals surface area contributed by atoms with Gasteiger partial charge in [-0.15, -0.1) is 0 Å². The molecule has 0 saturated heterocycles. The van der Waals surface area contributed by atoms with Gasteiger partial charge in [-0.05, 0) is 19.3 Å². The molecule has 0 atom stereocenters. The summed E-state index contributed by atoms with van der Waals surface area (Å²) < 4.78 is 0. The molecule has 0 aliphatic carbocycles. The van der Waals surface area contributed by atoms with E-state index in [0.717, 1.165) is 25.7 Å². The second kappa shape index (κ2) is 54.6. The second-order valence-electron chi connectivity index (χ2n) is 3.02. The smallest absolute Gasteiger partial charge is 0.0428 e. The van der Waals surface area contributed by atoms with E-state index in [1.54, 1.807) is 0 Å². The maximum absolute atomic E-state index is 7.88. The molecule has 0 aromatic heterocycles. The van der Waals surface area contributed by atoms with Crippen molar-refractivity contribution in [2.45, 2.75) is 59.8 Å². The van der Waals surface area contributed by atoms with Gasteiger partial charge >= 0.3 is 0 Å². The van der Waals surface area contributed by atoms with Crippen molar-refractivity contribution in [3.63, 3.8) is 0 Å². The third-order valence-corrected chi connectivity index (χ3v) is 1.02. The van der Waals surface area contributed by atoms with Gasteiger partial charge in [-0.25, -0.2) is 0 Å². The molecule has 0 unspecified atom stereocenters. The van der Waals surface area contributed by atoms with Crippen molar-refractivity contribution in [2.24, 2.45) is 0 Å². The van der Waals surface area contributed by atoms with Gasteiger partial charge < -0.3 is 22.2 Å². The Bertz CT molecular complexity index is 40.6. The molecule has 0 aromatic carbocycles. The van der Waals surface area contributed by atoms with Crippen molar-refractivity contribution >= 4 is 0 Å². The molecule has 0 rings (SSSR count). The fraction of sp³-hybridized carbons (Fsp3) is 0.923. The first-order valence-electron chi connectivity index (χ1n) is 6.28. The number of aliphatic hydroxyl groups is 3. The Morgan fingerprint density at radius 3 is 0.765 bits per heavy atom. The molecular formula is C13H33O3Ti-. The van der Waals surface area contributed by atoms with E-state index in [-0.39, 0.29) is 21.7 Å². The monoisotopic (exact) mass is 285 g/mol. The Morgan fingerprint density at radius 2 is 0.765 bits per heavy atom. The van der Waals surface area contributed by atoms with E-state index in [9.17, 15) is 0 Å². The largest absolute Gasteiger partial charge is 0.396 e. The molecule has 3 N–H and O–H groups in total. The second-order valence-corrected chi connectivity index (χ2v) is 3.02. The summed E-state index contributed by atoms with van der Waals surface area (Å²) in [7, 11) is 0. The fourth-order valence-corrected chi connectivity index (χ4v) is 0. The van der Waals surface area contributed by atoms with Crippen molar-refractivity contribution in [1.29, 1.82) is 0 Å². The van der Waals surface area contributed by atoms with Crippen LogP contribution in [0.1, 0.15) is 59.8 Å². The van der Waals surface area contributed by atoms with Crippen molar-refractivity contribution < 1.29 is 37.0 Å². The van der Waals surface area contributed by atoms with E-state index in [1.165, 1.54) is 6.42 Å². The molecular weight excluding hydrogens is 252 g/mol. The number of rotatable bonds is 4. The number of hydrogen-bond acceptors (Lipinski definition) is 3. The van der Waals surface area contributed by atoms with Crippen LogP contribution in [0.15, 0.2) is 0 Å².